The minimum Gasteiger partial charge on any atom is -0.472 e. The van der Waals surface area contributed by atoms with E-state index in [0.29, 0.717) is 34.5 Å². The van der Waals surface area contributed by atoms with Gasteiger partial charge >= 0.3 is 5.63 Å². The van der Waals surface area contributed by atoms with Gasteiger partial charge in [-0.1, -0.05) is 23.2 Å². The predicted molar refractivity (Wildman–Crippen MR) is 105 cm³/mol. The number of anilines is 1. The van der Waals surface area contributed by atoms with Crippen LogP contribution in [-0.2, 0) is 6.54 Å². The Morgan fingerprint density at radius 2 is 1.81 bits per heavy atom. The number of hydrogen-bond donors (Lipinski definition) is 0. The smallest absolute Gasteiger partial charge is 0.339 e. The van der Waals surface area contributed by atoms with Crippen molar-refractivity contribution in [2.24, 2.45) is 0 Å². The standard InChI is InChI=1S/C20H17Cl2NO3/c1-10-11(2)20(24)26-19-12(3)18-13(6-15(10)19)8-23(9-25-18)17-5-4-14(21)7-16(17)22/h4-7H,8-9H2,1-3H3. The molecule has 2 aromatic carbocycles. The molecule has 0 bridgehead atoms. The maximum Gasteiger partial charge on any atom is 0.339 e. The van der Waals surface area contributed by atoms with E-state index in [1.807, 2.05) is 36.9 Å². The fraction of sp³-hybridized carbons (Fsp3) is 0.250. The summed E-state index contributed by atoms with van der Waals surface area (Å²) in [7, 11) is 0. The Hall–Kier alpha value is -2.17. The zero-order valence-corrected chi connectivity index (χ0v) is 16.2. The first-order chi connectivity index (χ1) is 12.4. The van der Waals surface area contributed by atoms with Crippen molar-refractivity contribution in [2.75, 3.05) is 11.6 Å². The summed E-state index contributed by atoms with van der Waals surface area (Å²) in [6.45, 7) is 6.65. The first-order valence-electron chi connectivity index (χ1n) is 8.26. The lowest BCUT2D eigenvalue weighted by Gasteiger charge is -2.32. The topological polar surface area (TPSA) is 42.7 Å². The van der Waals surface area contributed by atoms with E-state index in [1.165, 1.54) is 0 Å². The molecule has 134 valence electrons. The van der Waals surface area contributed by atoms with Gasteiger partial charge in [0.25, 0.3) is 0 Å². The van der Waals surface area contributed by atoms with Crippen LogP contribution in [0.2, 0.25) is 10.0 Å². The predicted octanol–water partition coefficient (Wildman–Crippen LogP) is 5.38. The Labute approximate surface area is 160 Å². The van der Waals surface area contributed by atoms with Gasteiger partial charge in [0.05, 0.1) is 10.7 Å². The van der Waals surface area contributed by atoms with E-state index >= 15 is 0 Å². The molecule has 0 unspecified atom stereocenters. The number of rotatable bonds is 1. The van der Waals surface area contributed by atoms with Gasteiger partial charge in [0.2, 0.25) is 0 Å². The SMILES string of the molecule is Cc1c(C)c2cc3c(c(C)c2oc1=O)OCN(c1ccc(Cl)cc1Cl)C3. The van der Waals surface area contributed by atoms with Gasteiger partial charge in [-0.05, 0) is 50.6 Å². The number of aryl methyl sites for hydroxylation is 2. The van der Waals surface area contributed by atoms with Crippen LogP contribution in [0, 0.1) is 20.8 Å². The molecule has 0 amide bonds. The summed E-state index contributed by atoms with van der Waals surface area (Å²) >= 11 is 12.3. The molecule has 6 heteroatoms. The number of benzene rings is 2. The first-order valence-corrected chi connectivity index (χ1v) is 9.01. The maximum atomic E-state index is 12.0. The average Bonchev–Trinajstić information content (AvgIpc) is 2.61. The molecule has 0 saturated heterocycles. The minimum atomic E-state index is -0.302. The fourth-order valence-electron chi connectivity index (χ4n) is 3.39. The van der Waals surface area contributed by atoms with Gasteiger partial charge in [-0.2, -0.15) is 0 Å². The Morgan fingerprint density at radius 3 is 2.54 bits per heavy atom. The van der Waals surface area contributed by atoms with Crippen molar-refractivity contribution in [2.45, 2.75) is 27.3 Å². The molecule has 0 fully saturated rings. The number of ether oxygens (including phenoxy) is 1. The molecule has 0 aliphatic carbocycles. The molecule has 0 radical (unpaired) electrons. The third-order valence-electron chi connectivity index (χ3n) is 4.98. The Kier molecular flexibility index (Phi) is 4.13. The number of fused-ring (bicyclic) bond motifs is 2. The molecule has 3 aromatic rings. The molecule has 4 rings (SSSR count). The molecule has 2 heterocycles. The summed E-state index contributed by atoms with van der Waals surface area (Å²) in [6.07, 6.45) is 0. The number of halogens is 2. The molecular formula is C20H17Cl2NO3. The quantitative estimate of drug-likeness (QED) is 0.523. The second kappa shape index (κ2) is 6.22. The van der Waals surface area contributed by atoms with E-state index in [-0.39, 0.29) is 5.63 Å². The van der Waals surface area contributed by atoms with E-state index in [1.54, 1.807) is 13.0 Å². The normalized spacial score (nSPS) is 13.7. The molecule has 0 spiro atoms. The van der Waals surface area contributed by atoms with E-state index in [2.05, 4.69) is 0 Å². The van der Waals surface area contributed by atoms with Gasteiger partial charge < -0.3 is 14.1 Å². The molecule has 26 heavy (non-hydrogen) atoms. The minimum absolute atomic E-state index is 0.302. The largest absolute Gasteiger partial charge is 0.472 e. The molecule has 4 nitrogen and oxygen atoms in total. The number of nitrogens with zero attached hydrogens (tertiary/aromatic N) is 1. The highest BCUT2D eigenvalue weighted by Crippen LogP contribution is 2.38. The van der Waals surface area contributed by atoms with Crippen LogP contribution in [0.25, 0.3) is 11.0 Å². The van der Waals surface area contributed by atoms with Crippen molar-refractivity contribution >= 4 is 39.9 Å². The highest BCUT2D eigenvalue weighted by Gasteiger charge is 2.24. The molecule has 1 aromatic heterocycles. The van der Waals surface area contributed by atoms with Gasteiger partial charge in [-0.15, -0.1) is 0 Å². The van der Waals surface area contributed by atoms with Crippen LogP contribution in [0.4, 0.5) is 5.69 Å². The monoisotopic (exact) mass is 389 g/mol. The van der Waals surface area contributed by atoms with E-state index in [9.17, 15) is 4.79 Å². The van der Waals surface area contributed by atoms with Crippen LogP contribution in [0.15, 0.2) is 33.5 Å². The van der Waals surface area contributed by atoms with Crippen molar-refractivity contribution in [3.8, 4) is 5.75 Å². The van der Waals surface area contributed by atoms with Crippen LogP contribution in [0.1, 0.15) is 22.3 Å². The molecule has 0 N–H and O–H groups in total. The highest BCUT2D eigenvalue weighted by atomic mass is 35.5. The zero-order chi connectivity index (χ0) is 18.6. The lowest BCUT2D eigenvalue weighted by atomic mass is 9.99. The first kappa shape index (κ1) is 17.3. The van der Waals surface area contributed by atoms with Crippen LogP contribution in [0.3, 0.4) is 0 Å². The fourth-order valence-corrected chi connectivity index (χ4v) is 3.92. The summed E-state index contributed by atoms with van der Waals surface area (Å²) in [4.78, 5) is 14.1. The van der Waals surface area contributed by atoms with E-state index < -0.39 is 0 Å². The van der Waals surface area contributed by atoms with Crippen molar-refractivity contribution in [1.29, 1.82) is 0 Å². The summed E-state index contributed by atoms with van der Waals surface area (Å²) in [5.41, 5.74) is 4.60. The third kappa shape index (κ3) is 2.65. The van der Waals surface area contributed by atoms with Crippen LogP contribution in [-0.4, -0.2) is 6.73 Å². The molecule has 1 aliphatic rings. The second-order valence-electron chi connectivity index (χ2n) is 6.57. The Balaban J connectivity index is 1.84. The maximum absolute atomic E-state index is 12.0. The van der Waals surface area contributed by atoms with Gasteiger partial charge in [0.1, 0.15) is 11.3 Å². The van der Waals surface area contributed by atoms with Crippen molar-refractivity contribution in [3.05, 3.63) is 67.0 Å². The van der Waals surface area contributed by atoms with Gasteiger partial charge in [0, 0.05) is 33.6 Å². The second-order valence-corrected chi connectivity index (χ2v) is 7.42. The van der Waals surface area contributed by atoms with Crippen molar-refractivity contribution in [3.63, 3.8) is 0 Å². The van der Waals surface area contributed by atoms with Gasteiger partial charge in [-0.3, -0.25) is 0 Å². The lowest BCUT2D eigenvalue weighted by molar-refractivity contribution is 0.287. The highest BCUT2D eigenvalue weighted by molar-refractivity contribution is 6.36. The van der Waals surface area contributed by atoms with Crippen LogP contribution in [0.5, 0.6) is 5.75 Å². The molecular weight excluding hydrogens is 373 g/mol. The van der Waals surface area contributed by atoms with E-state index in [4.69, 9.17) is 32.4 Å². The average molecular weight is 390 g/mol. The number of hydrogen-bond acceptors (Lipinski definition) is 4. The molecule has 0 atom stereocenters. The lowest BCUT2D eigenvalue weighted by Crippen LogP contribution is -2.32. The van der Waals surface area contributed by atoms with Gasteiger partial charge in [-0.25, -0.2) is 4.79 Å². The zero-order valence-electron chi connectivity index (χ0n) is 14.7. The van der Waals surface area contributed by atoms with E-state index in [0.717, 1.165) is 33.5 Å². The van der Waals surface area contributed by atoms with Gasteiger partial charge in [0.15, 0.2) is 6.73 Å². The van der Waals surface area contributed by atoms with Crippen LogP contribution >= 0.6 is 23.2 Å². The summed E-state index contributed by atoms with van der Waals surface area (Å²) in [5.74, 6) is 0.769. The summed E-state index contributed by atoms with van der Waals surface area (Å²) in [6, 6.07) is 7.47. The Bertz CT molecular complexity index is 1100. The van der Waals surface area contributed by atoms with Crippen molar-refractivity contribution in [1.82, 2.24) is 0 Å². The van der Waals surface area contributed by atoms with Crippen molar-refractivity contribution < 1.29 is 9.15 Å². The summed E-state index contributed by atoms with van der Waals surface area (Å²) < 4.78 is 11.5. The van der Waals surface area contributed by atoms with Crippen LogP contribution < -0.4 is 15.3 Å². The summed E-state index contributed by atoms with van der Waals surface area (Å²) in [5, 5.41) is 2.12. The molecule has 1 aliphatic heterocycles. The Morgan fingerprint density at radius 1 is 1.04 bits per heavy atom. The third-order valence-corrected chi connectivity index (χ3v) is 5.52. The molecule has 0 saturated carbocycles.